The van der Waals surface area contributed by atoms with E-state index >= 15 is 0 Å². The maximum absolute atomic E-state index is 5.58. The standard InChI is InChI=1S/C8H16N4/c1-6(2)3-4-10-7-5-11-12-8(7)9/h5-6,10H,3-4H2,1-2H3,(H3,9,11,12). The van der Waals surface area contributed by atoms with Gasteiger partial charge in [-0.3, -0.25) is 5.10 Å². The number of anilines is 2. The maximum atomic E-state index is 5.58. The summed E-state index contributed by atoms with van der Waals surface area (Å²) in [4.78, 5) is 0. The van der Waals surface area contributed by atoms with Crippen molar-refractivity contribution in [3.63, 3.8) is 0 Å². The smallest absolute Gasteiger partial charge is 0.142 e. The van der Waals surface area contributed by atoms with Crippen molar-refractivity contribution < 1.29 is 0 Å². The first-order valence-electron chi connectivity index (χ1n) is 4.23. The zero-order valence-electron chi connectivity index (χ0n) is 7.59. The van der Waals surface area contributed by atoms with Crippen LogP contribution in [0.3, 0.4) is 0 Å². The molecule has 0 aliphatic carbocycles. The van der Waals surface area contributed by atoms with Gasteiger partial charge in [-0.25, -0.2) is 0 Å². The van der Waals surface area contributed by atoms with Gasteiger partial charge in [-0.05, 0) is 12.3 Å². The molecule has 12 heavy (non-hydrogen) atoms. The van der Waals surface area contributed by atoms with E-state index in [9.17, 15) is 0 Å². The highest BCUT2D eigenvalue weighted by atomic mass is 15.2. The first-order valence-corrected chi connectivity index (χ1v) is 4.23. The number of rotatable bonds is 4. The molecule has 0 bridgehead atoms. The molecular weight excluding hydrogens is 152 g/mol. The number of aromatic amines is 1. The highest BCUT2D eigenvalue weighted by molar-refractivity contribution is 5.59. The van der Waals surface area contributed by atoms with Crippen molar-refractivity contribution in [3.05, 3.63) is 6.20 Å². The third-order valence-electron chi connectivity index (χ3n) is 1.71. The SMILES string of the molecule is CC(C)CCNc1cn[nH]c1N. The van der Waals surface area contributed by atoms with Gasteiger partial charge in [-0.2, -0.15) is 5.10 Å². The molecule has 4 N–H and O–H groups in total. The Morgan fingerprint density at radius 2 is 2.42 bits per heavy atom. The number of nitrogens with zero attached hydrogens (tertiary/aromatic N) is 1. The predicted molar refractivity (Wildman–Crippen MR) is 50.9 cm³/mol. The molecule has 68 valence electrons. The molecule has 1 rings (SSSR count). The van der Waals surface area contributed by atoms with Crippen molar-refractivity contribution in [1.29, 1.82) is 0 Å². The lowest BCUT2D eigenvalue weighted by Gasteiger charge is -2.06. The molecule has 0 amide bonds. The van der Waals surface area contributed by atoms with E-state index < -0.39 is 0 Å². The van der Waals surface area contributed by atoms with Gasteiger partial charge < -0.3 is 11.1 Å². The number of nitrogen functional groups attached to an aromatic ring is 1. The third kappa shape index (κ3) is 2.45. The average molecular weight is 168 g/mol. The van der Waals surface area contributed by atoms with Crippen molar-refractivity contribution in [1.82, 2.24) is 10.2 Å². The van der Waals surface area contributed by atoms with E-state index in [0.29, 0.717) is 11.7 Å². The lowest BCUT2D eigenvalue weighted by molar-refractivity contribution is 0.607. The molecule has 0 aliphatic heterocycles. The first-order chi connectivity index (χ1) is 5.70. The summed E-state index contributed by atoms with van der Waals surface area (Å²) < 4.78 is 0. The fourth-order valence-electron chi connectivity index (χ4n) is 0.933. The van der Waals surface area contributed by atoms with Gasteiger partial charge in [-0.15, -0.1) is 0 Å². The van der Waals surface area contributed by atoms with Gasteiger partial charge in [0, 0.05) is 6.54 Å². The Morgan fingerprint density at radius 1 is 1.67 bits per heavy atom. The van der Waals surface area contributed by atoms with E-state index in [-0.39, 0.29) is 0 Å². The van der Waals surface area contributed by atoms with Crippen LogP contribution in [0.15, 0.2) is 6.20 Å². The fraction of sp³-hybridized carbons (Fsp3) is 0.625. The fourth-order valence-corrected chi connectivity index (χ4v) is 0.933. The summed E-state index contributed by atoms with van der Waals surface area (Å²) in [7, 11) is 0. The van der Waals surface area contributed by atoms with E-state index in [0.717, 1.165) is 18.7 Å². The second-order valence-corrected chi connectivity index (χ2v) is 3.31. The number of hydrogen-bond donors (Lipinski definition) is 3. The molecule has 0 saturated carbocycles. The van der Waals surface area contributed by atoms with Gasteiger partial charge in [0.2, 0.25) is 0 Å². The van der Waals surface area contributed by atoms with Crippen LogP contribution in [0.1, 0.15) is 20.3 Å². The zero-order valence-corrected chi connectivity index (χ0v) is 7.59. The third-order valence-corrected chi connectivity index (χ3v) is 1.71. The number of hydrogen-bond acceptors (Lipinski definition) is 3. The summed E-state index contributed by atoms with van der Waals surface area (Å²) in [6.45, 7) is 5.34. The normalized spacial score (nSPS) is 10.6. The first kappa shape index (κ1) is 8.90. The van der Waals surface area contributed by atoms with Crippen LogP contribution in [0.2, 0.25) is 0 Å². The summed E-state index contributed by atoms with van der Waals surface area (Å²) in [5, 5.41) is 9.68. The Balaban J connectivity index is 2.29. The van der Waals surface area contributed by atoms with Crippen LogP contribution in [-0.4, -0.2) is 16.7 Å². The minimum Gasteiger partial charge on any atom is -0.382 e. The summed E-state index contributed by atoms with van der Waals surface area (Å²) in [5.41, 5.74) is 6.48. The van der Waals surface area contributed by atoms with Crippen LogP contribution in [0.5, 0.6) is 0 Å². The Labute approximate surface area is 72.5 Å². The van der Waals surface area contributed by atoms with Crippen molar-refractivity contribution in [2.24, 2.45) is 5.92 Å². The van der Waals surface area contributed by atoms with E-state index in [2.05, 4.69) is 29.4 Å². The van der Waals surface area contributed by atoms with Crippen LogP contribution in [0.4, 0.5) is 11.5 Å². The summed E-state index contributed by atoms with van der Waals surface area (Å²) >= 11 is 0. The largest absolute Gasteiger partial charge is 0.382 e. The molecule has 1 aromatic heterocycles. The molecule has 0 radical (unpaired) electrons. The molecule has 1 aromatic rings. The van der Waals surface area contributed by atoms with Crippen LogP contribution >= 0.6 is 0 Å². The van der Waals surface area contributed by atoms with Gasteiger partial charge in [0.15, 0.2) is 0 Å². The molecule has 4 heteroatoms. The van der Waals surface area contributed by atoms with Crippen LogP contribution in [0.25, 0.3) is 0 Å². The Hall–Kier alpha value is -1.19. The molecule has 0 fully saturated rings. The Bertz CT molecular complexity index is 229. The highest BCUT2D eigenvalue weighted by Crippen LogP contribution is 2.13. The summed E-state index contributed by atoms with van der Waals surface area (Å²) in [5.74, 6) is 1.32. The van der Waals surface area contributed by atoms with E-state index in [1.807, 2.05) is 0 Å². The quantitative estimate of drug-likeness (QED) is 0.637. The minimum absolute atomic E-state index is 0.610. The Kier molecular flexibility index (Phi) is 2.96. The maximum Gasteiger partial charge on any atom is 0.142 e. The van der Waals surface area contributed by atoms with Gasteiger partial charge in [-0.1, -0.05) is 13.8 Å². The number of aromatic nitrogens is 2. The van der Waals surface area contributed by atoms with Crippen LogP contribution in [0, 0.1) is 5.92 Å². The average Bonchev–Trinajstić information content (AvgIpc) is 2.36. The second-order valence-electron chi connectivity index (χ2n) is 3.31. The predicted octanol–water partition coefficient (Wildman–Crippen LogP) is 1.45. The van der Waals surface area contributed by atoms with E-state index in [1.165, 1.54) is 0 Å². The molecule has 0 saturated heterocycles. The number of nitrogens with one attached hydrogen (secondary N) is 2. The molecule has 0 aliphatic rings. The van der Waals surface area contributed by atoms with Crippen molar-refractivity contribution in [3.8, 4) is 0 Å². The minimum atomic E-state index is 0.610. The van der Waals surface area contributed by atoms with Crippen molar-refractivity contribution in [2.75, 3.05) is 17.6 Å². The number of nitrogens with two attached hydrogens (primary N) is 1. The topological polar surface area (TPSA) is 66.7 Å². The zero-order chi connectivity index (χ0) is 8.97. The molecule has 4 nitrogen and oxygen atoms in total. The molecule has 0 aromatic carbocycles. The molecule has 1 heterocycles. The summed E-state index contributed by atoms with van der Waals surface area (Å²) in [6, 6.07) is 0. The monoisotopic (exact) mass is 168 g/mol. The number of H-pyrrole nitrogens is 1. The summed E-state index contributed by atoms with van der Waals surface area (Å²) in [6.07, 6.45) is 2.85. The van der Waals surface area contributed by atoms with Crippen molar-refractivity contribution >= 4 is 11.5 Å². The van der Waals surface area contributed by atoms with Crippen molar-refractivity contribution in [2.45, 2.75) is 20.3 Å². The molecule has 0 spiro atoms. The van der Waals surface area contributed by atoms with Crippen LogP contribution in [-0.2, 0) is 0 Å². The molecule has 0 atom stereocenters. The van der Waals surface area contributed by atoms with Crippen LogP contribution < -0.4 is 11.1 Å². The highest BCUT2D eigenvalue weighted by Gasteiger charge is 1.99. The Morgan fingerprint density at radius 3 is 2.92 bits per heavy atom. The second kappa shape index (κ2) is 3.99. The molecule has 0 unspecified atom stereocenters. The lowest BCUT2D eigenvalue weighted by Crippen LogP contribution is -2.05. The van der Waals surface area contributed by atoms with E-state index in [4.69, 9.17) is 5.73 Å². The van der Waals surface area contributed by atoms with Gasteiger partial charge >= 0.3 is 0 Å². The van der Waals surface area contributed by atoms with E-state index in [1.54, 1.807) is 6.20 Å². The van der Waals surface area contributed by atoms with Gasteiger partial charge in [0.1, 0.15) is 5.82 Å². The lowest BCUT2D eigenvalue weighted by atomic mass is 10.1. The molecular formula is C8H16N4. The van der Waals surface area contributed by atoms with Gasteiger partial charge in [0.25, 0.3) is 0 Å². The van der Waals surface area contributed by atoms with Gasteiger partial charge in [0.05, 0.1) is 11.9 Å².